The predicted molar refractivity (Wildman–Crippen MR) is 69.3 cm³/mol. The Kier molecular flexibility index (Phi) is 3.97. The fraction of sp³-hybridized carbons (Fsp3) is 0.571. The zero-order valence-corrected chi connectivity index (χ0v) is 11.0. The molecule has 1 aromatic heterocycles. The fourth-order valence-corrected chi connectivity index (χ4v) is 2.37. The van der Waals surface area contributed by atoms with Gasteiger partial charge in [0.2, 0.25) is 0 Å². The molecule has 0 saturated carbocycles. The van der Waals surface area contributed by atoms with E-state index in [1.807, 2.05) is 24.0 Å². The van der Waals surface area contributed by atoms with Crippen LogP contribution in [0.2, 0.25) is 0 Å². The van der Waals surface area contributed by atoms with E-state index in [4.69, 9.17) is 0 Å². The van der Waals surface area contributed by atoms with Crippen molar-refractivity contribution in [3.8, 4) is 0 Å². The van der Waals surface area contributed by atoms with Crippen LogP contribution in [0.4, 0.5) is 0 Å². The summed E-state index contributed by atoms with van der Waals surface area (Å²) < 4.78 is 0. The van der Waals surface area contributed by atoms with Crippen molar-refractivity contribution in [1.29, 1.82) is 0 Å². The van der Waals surface area contributed by atoms with E-state index in [2.05, 4.69) is 4.98 Å². The zero-order valence-electron chi connectivity index (χ0n) is 11.0. The zero-order chi connectivity index (χ0) is 13.1. The van der Waals surface area contributed by atoms with Crippen LogP contribution in [0.1, 0.15) is 35.8 Å². The highest BCUT2D eigenvalue weighted by atomic mass is 16.3. The first kappa shape index (κ1) is 13.0. The summed E-state index contributed by atoms with van der Waals surface area (Å²) in [5.41, 5.74) is 1.54. The first-order valence-corrected chi connectivity index (χ1v) is 6.48. The lowest BCUT2D eigenvalue weighted by Crippen LogP contribution is -2.42. The molecular formula is C14H20N2O2. The lowest BCUT2D eigenvalue weighted by Gasteiger charge is -2.34. The van der Waals surface area contributed by atoms with Gasteiger partial charge in [0.1, 0.15) is 0 Å². The van der Waals surface area contributed by atoms with Gasteiger partial charge in [-0.3, -0.25) is 9.78 Å². The van der Waals surface area contributed by atoms with Crippen molar-refractivity contribution >= 4 is 5.91 Å². The third-order valence-corrected chi connectivity index (χ3v) is 3.59. The van der Waals surface area contributed by atoms with Crippen LogP contribution in [-0.4, -0.2) is 40.1 Å². The number of aliphatic hydroxyl groups is 1. The quantitative estimate of drug-likeness (QED) is 0.865. The molecule has 4 nitrogen and oxygen atoms in total. The van der Waals surface area contributed by atoms with E-state index in [0.717, 1.165) is 25.1 Å². The molecule has 2 heterocycles. The second-order valence-electron chi connectivity index (χ2n) is 5.08. The van der Waals surface area contributed by atoms with Gasteiger partial charge in [-0.1, -0.05) is 0 Å². The Morgan fingerprint density at radius 2 is 2.33 bits per heavy atom. The van der Waals surface area contributed by atoms with E-state index < -0.39 is 0 Å². The van der Waals surface area contributed by atoms with Crippen LogP contribution in [0, 0.1) is 12.8 Å². The molecule has 2 unspecified atom stereocenters. The Morgan fingerprint density at radius 1 is 1.56 bits per heavy atom. The van der Waals surface area contributed by atoms with Crippen LogP contribution in [0.15, 0.2) is 18.3 Å². The van der Waals surface area contributed by atoms with Crippen LogP contribution in [0.3, 0.4) is 0 Å². The third-order valence-electron chi connectivity index (χ3n) is 3.59. The molecule has 2 atom stereocenters. The van der Waals surface area contributed by atoms with Gasteiger partial charge in [-0.15, -0.1) is 0 Å². The minimum Gasteiger partial charge on any atom is -0.393 e. The van der Waals surface area contributed by atoms with Crippen LogP contribution in [0.5, 0.6) is 0 Å². The predicted octanol–water partition coefficient (Wildman–Crippen LogP) is 1.62. The molecule has 1 fully saturated rings. The van der Waals surface area contributed by atoms with Gasteiger partial charge >= 0.3 is 0 Å². The number of rotatable bonds is 2. The van der Waals surface area contributed by atoms with Gasteiger partial charge in [0.25, 0.3) is 5.91 Å². The number of likely N-dealkylation sites (tertiary alicyclic amines) is 1. The number of hydrogen-bond donors (Lipinski definition) is 1. The summed E-state index contributed by atoms with van der Waals surface area (Å²) >= 11 is 0. The van der Waals surface area contributed by atoms with E-state index in [1.54, 1.807) is 13.1 Å². The normalized spacial score (nSPS) is 21.7. The van der Waals surface area contributed by atoms with Crippen molar-refractivity contribution in [2.75, 3.05) is 13.1 Å². The number of aliphatic hydroxyl groups excluding tert-OH is 1. The van der Waals surface area contributed by atoms with Crippen molar-refractivity contribution < 1.29 is 9.90 Å². The number of piperidine rings is 1. The summed E-state index contributed by atoms with van der Waals surface area (Å²) in [5.74, 6) is 0.217. The highest BCUT2D eigenvalue weighted by Crippen LogP contribution is 2.21. The van der Waals surface area contributed by atoms with Gasteiger partial charge in [-0.05, 0) is 38.8 Å². The third kappa shape index (κ3) is 2.88. The highest BCUT2D eigenvalue weighted by molar-refractivity contribution is 5.94. The lowest BCUT2D eigenvalue weighted by atomic mass is 9.93. The maximum absolute atomic E-state index is 12.3. The van der Waals surface area contributed by atoms with E-state index >= 15 is 0 Å². The molecule has 1 aliphatic rings. The monoisotopic (exact) mass is 248 g/mol. The number of aromatic nitrogens is 1. The molecule has 1 N–H and O–H groups in total. The van der Waals surface area contributed by atoms with Gasteiger partial charge in [0.15, 0.2) is 0 Å². The number of carbonyl (C=O) groups is 1. The first-order valence-electron chi connectivity index (χ1n) is 6.48. The van der Waals surface area contributed by atoms with Crippen molar-refractivity contribution in [3.05, 3.63) is 29.6 Å². The van der Waals surface area contributed by atoms with Gasteiger partial charge in [0.05, 0.1) is 11.7 Å². The molecule has 1 amide bonds. The number of hydrogen-bond acceptors (Lipinski definition) is 3. The van der Waals surface area contributed by atoms with Gasteiger partial charge in [-0.25, -0.2) is 0 Å². The summed E-state index contributed by atoms with van der Waals surface area (Å²) in [6.45, 7) is 5.12. The Morgan fingerprint density at radius 3 is 2.94 bits per heavy atom. The number of aryl methyl sites for hydroxylation is 1. The Hall–Kier alpha value is -1.42. The Bertz CT molecular complexity index is 414. The minimum absolute atomic E-state index is 0.0212. The van der Waals surface area contributed by atoms with Crippen molar-refractivity contribution in [2.45, 2.75) is 32.8 Å². The van der Waals surface area contributed by atoms with E-state index in [0.29, 0.717) is 12.1 Å². The smallest absolute Gasteiger partial charge is 0.255 e. The maximum Gasteiger partial charge on any atom is 0.255 e. The van der Waals surface area contributed by atoms with Crippen LogP contribution >= 0.6 is 0 Å². The summed E-state index contributed by atoms with van der Waals surface area (Å²) in [6.07, 6.45) is 3.23. The van der Waals surface area contributed by atoms with Crippen LogP contribution < -0.4 is 0 Å². The molecule has 1 aliphatic heterocycles. The van der Waals surface area contributed by atoms with Gasteiger partial charge < -0.3 is 10.0 Å². The molecule has 1 saturated heterocycles. The molecule has 0 spiro atoms. The average molecular weight is 248 g/mol. The Balaban J connectivity index is 2.06. The second-order valence-corrected chi connectivity index (χ2v) is 5.08. The molecule has 2 rings (SSSR count). The molecule has 0 bridgehead atoms. The summed E-state index contributed by atoms with van der Waals surface area (Å²) in [5, 5.41) is 9.63. The van der Waals surface area contributed by atoms with E-state index in [1.165, 1.54) is 0 Å². The molecule has 4 heteroatoms. The van der Waals surface area contributed by atoms with E-state index in [9.17, 15) is 9.90 Å². The SMILES string of the molecule is Cc1ccc(C(=O)N2CCCC(C(C)O)C2)cn1. The Labute approximate surface area is 108 Å². The largest absolute Gasteiger partial charge is 0.393 e. The fourth-order valence-electron chi connectivity index (χ4n) is 2.37. The van der Waals surface area contributed by atoms with E-state index in [-0.39, 0.29) is 17.9 Å². The van der Waals surface area contributed by atoms with Crippen molar-refractivity contribution in [3.63, 3.8) is 0 Å². The minimum atomic E-state index is -0.350. The summed E-state index contributed by atoms with van der Waals surface area (Å²) in [6, 6.07) is 3.67. The standard InChI is InChI=1S/C14H20N2O2/c1-10-5-6-12(8-15-10)14(18)16-7-3-4-13(9-16)11(2)17/h5-6,8,11,13,17H,3-4,7,9H2,1-2H3. The number of pyridine rings is 1. The maximum atomic E-state index is 12.3. The molecule has 1 aromatic rings. The molecule has 98 valence electrons. The highest BCUT2D eigenvalue weighted by Gasteiger charge is 2.27. The molecule has 0 aromatic carbocycles. The molecule has 0 radical (unpaired) electrons. The van der Waals surface area contributed by atoms with Gasteiger partial charge in [0, 0.05) is 30.9 Å². The molecular weight excluding hydrogens is 228 g/mol. The van der Waals surface area contributed by atoms with Crippen LogP contribution in [-0.2, 0) is 0 Å². The van der Waals surface area contributed by atoms with Crippen molar-refractivity contribution in [1.82, 2.24) is 9.88 Å². The lowest BCUT2D eigenvalue weighted by molar-refractivity contribution is 0.0466. The topological polar surface area (TPSA) is 53.4 Å². The summed E-state index contributed by atoms with van der Waals surface area (Å²) in [7, 11) is 0. The first-order chi connectivity index (χ1) is 8.58. The van der Waals surface area contributed by atoms with Crippen molar-refractivity contribution in [2.24, 2.45) is 5.92 Å². The summed E-state index contributed by atoms with van der Waals surface area (Å²) in [4.78, 5) is 18.3. The van der Waals surface area contributed by atoms with Crippen LogP contribution in [0.25, 0.3) is 0 Å². The second kappa shape index (κ2) is 5.48. The molecule has 18 heavy (non-hydrogen) atoms. The van der Waals surface area contributed by atoms with Gasteiger partial charge in [-0.2, -0.15) is 0 Å². The number of nitrogens with zero attached hydrogens (tertiary/aromatic N) is 2. The number of amides is 1. The molecule has 0 aliphatic carbocycles. The average Bonchev–Trinajstić information content (AvgIpc) is 2.39. The number of carbonyl (C=O) groups excluding carboxylic acids is 1.